The number of carbonyl (C=O) groups is 3. The van der Waals surface area contributed by atoms with E-state index in [0.29, 0.717) is 22.3 Å². The monoisotopic (exact) mass is 335 g/mol. The molecule has 0 fully saturated rings. The molecule has 2 aromatic rings. The predicted octanol–water partition coefficient (Wildman–Crippen LogP) is 1.70. The number of hydrogen-bond acceptors (Lipinski definition) is 7. The van der Waals surface area contributed by atoms with Crippen LogP contribution in [0.1, 0.15) is 16.1 Å². The number of ketones is 1. The van der Waals surface area contributed by atoms with Crippen LogP contribution in [0.4, 0.5) is 4.79 Å². The summed E-state index contributed by atoms with van der Waals surface area (Å²) in [6.07, 6.45) is -0.635. The molecule has 0 saturated carbocycles. The average Bonchev–Trinajstić information content (AvgIpc) is 3.05. The largest absolute Gasteiger partial charge is 0.493 e. The van der Waals surface area contributed by atoms with Crippen LogP contribution in [0, 0.1) is 0 Å². The molecule has 0 atom stereocenters. The van der Waals surface area contributed by atoms with E-state index >= 15 is 0 Å². The van der Waals surface area contributed by atoms with Gasteiger partial charge in [0.1, 0.15) is 0 Å². The zero-order chi connectivity index (χ0) is 17.7. The third kappa shape index (κ3) is 3.65. The van der Waals surface area contributed by atoms with Gasteiger partial charge in [-0.3, -0.25) is 4.79 Å². The predicted molar refractivity (Wildman–Crippen MR) is 83.2 cm³/mol. The maximum Gasteiger partial charge on any atom is 0.407 e. The number of furan rings is 1. The standard InChI is InChI=1S/C16H17NO7/c1-21-12-5-4-9(6-10(18)8-17-16(20)23-3)11-7-13(15(19)22-2)24-14(11)12/h4-5,7H,6,8H2,1-3H3,(H,17,20). The highest BCUT2D eigenvalue weighted by Gasteiger charge is 2.19. The Kier molecular flexibility index (Phi) is 5.41. The van der Waals surface area contributed by atoms with E-state index in [1.807, 2.05) is 0 Å². The number of ether oxygens (including phenoxy) is 3. The van der Waals surface area contributed by atoms with Gasteiger partial charge >= 0.3 is 12.1 Å². The highest BCUT2D eigenvalue weighted by Crippen LogP contribution is 2.32. The Morgan fingerprint density at radius 1 is 1.12 bits per heavy atom. The quantitative estimate of drug-likeness (QED) is 0.801. The summed E-state index contributed by atoms with van der Waals surface area (Å²) in [5, 5.41) is 2.89. The van der Waals surface area contributed by atoms with Crippen LogP contribution >= 0.6 is 0 Å². The van der Waals surface area contributed by atoms with Crippen molar-refractivity contribution in [2.75, 3.05) is 27.9 Å². The van der Waals surface area contributed by atoms with Crippen LogP contribution in [-0.2, 0) is 20.7 Å². The van der Waals surface area contributed by atoms with E-state index < -0.39 is 12.1 Å². The van der Waals surface area contributed by atoms with Crippen molar-refractivity contribution in [3.05, 3.63) is 29.5 Å². The van der Waals surface area contributed by atoms with Gasteiger partial charge in [0.25, 0.3) is 0 Å². The molecule has 0 bridgehead atoms. The second-order valence-electron chi connectivity index (χ2n) is 4.83. The summed E-state index contributed by atoms with van der Waals surface area (Å²) in [5.74, 6) is -0.409. The molecule has 1 aromatic heterocycles. The first-order chi connectivity index (χ1) is 11.5. The zero-order valence-electron chi connectivity index (χ0n) is 13.5. The molecule has 2 rings (SSSR count). The molecule has 0 aliphatic carbocycles. The van der Waals surface area contributed by atoms with Crippen molar-refractivity contribution in [3.8, 4) is 5.75 Å². The maximum absolute atomic E-state index is 12.0. The van der Waals surface area contributed by atoms with Crippen LogP contribution < -0.4 is 10.1 Å². The summed E-state index contributed by atoms with van der Waals surface area (Å²) >= 11 is 0. The van der Waals surface area contributed by atoms with Crippen molar-refractivity contribution in [2.24, 2.45) is 0 Å². The van der Waals surface area contributed by atoms with E-state index in [2.05, 4.69) is 14.8 Å². The van der Waals surface area contributed by atoms with E-state index in [1.165, 1.54) is 27.4 Å². The highest BCUT2D eigenvalue weighted by atomic mass is 16.5. The van der Waals surface area contributed by atoms with Crippen LogP contribution in [0.25, 0.3) is 11.0 Å². The minimum atomic E-state index is -0.681. The lowest BCUT2D eigenvalue weighted by Gasteiger charge is -2.06. The molecule has 24 heavy (non-hydrogen) atoms. The summed E-state index contributed by atoms with van der Waals surface area (Å²) in [6, 6.07) is 4.84. The number of nitrogens with one attached hydrogen (secondary N) is 1. The number of rotatable bonds is 6. The van der Waals surface area contributed by atoms with Gasteiger partial charge in [-0.15, -0.1) is 0 Å². The molecule has 0 aliphatic rings. The molecule has 8 heteroatoms. The van der Waals surface area contributed by atoms with Crippen LogP contribution in [0.15, 0.2) is 22.6 Å². The van der Waals surface area contributed by atoms with Gasteiger partial charge in [0.2, 0.25) is 5.76 Å². The van der Waals surface area contributed by atoms with E-state index in [-0.39, 0.29) is 24.5 Å². The molecule has 1 aromatic carbocycles. The number of fused-ring (bicyclic) bond motifs is 1. The molecular weight excluding hydrogens is 318 g/mol. The second-order valence-corrected chi connectivity index (χ2v) is 4.83. The average molecular weight is 335 g/mol. The molecule has 0 aliphatic heterocycles. The minimum Gasteiger partial charge on any atom is -0.493 e. The Balaban J connectivity index is 2.30. The first-order valence-corrected chi connectivity index (χ1v) is 7.01. The Morgan fingerprint density at radius 3 is 2.50 bits per heavy atom. The SMILES string of the molecule is COC(=O)NCC(=O)Cc1ccc(OC)c2oc(C(=O)OC)cc12. The summed E-state index contributed by atoms with van der Waals surface area (Å²) < 4.78 is 19.7. The fourth-order valence-corrected chi connectivity index (χ4v) is 2.19. The molecule has 1 N–H and O–H groups in total. The number of Topliss-reactive ketones (excluding diaryl/α,β-unsaturated/α-hetero) is 1. The van der Waals surface area contributed by atoms with E-state index in [0.717, 1.165) is 0 Å². The van der Waals surface area contributed by atoms with Crippen molar-refractivity contribution in [2.45, 2.75) is 6.42 Å². The fourth-order valence-electron chi connectivity index (χ4n) is 2.19. The van der Waals surface area contributed by atoms with Gasteiger partial charge in [-0.05, 0) is 17.7 Å². The third-order valence-corrected chi connectivity index (χ3v) is 3.35. The van der Waals surface area contributed by atoms with Crippen LogP contribution in [-0.4, -0.2) is 45.7 Å². The molecular formula is C16H17NO7. The smallest absolute Gasteiger partial charge is 0.407 e. The minimum absolute atomic E-state index is 0.0124. The van der Waals surface area contributed by atoms with Crippen molar-refractivity contribution < 1.29 is 33.0 Å². The topological polar surface area (TPSA) is 104 Å². The zero-order valence-corrected chi connectivity index (χ0v) is 13.5. The number of alkyl carbamates (subject to hydrolysis) is 1. The van der Waals surface area contributed by atoms with Gasteiger partial charge in [0.05, 0.1) is 27.9 Å². The molecule has 1 heterocycles. The summed E-state index contributed by atoms with van der Waals surface area (Å²) in [4.78, 5) is 34.7. The number of carbonyl (C=O) groups excluding carboxylic acids is 3. The Bertz CT molecular complexity index is 778. The summed E-state index contributed by atoms with van der Waals surface area (Å²) in [7, 11) is 3.93. The maximum atomic E-state index is 12.0. The van der Waals surface area contributed by atoms with Crippen LogP contribution in [0.2, 0.25) is 0 Å². The molecule has 0 saturated heterocycles. The van der Waals surface area contributed by atoms with Crippen LogP contribution in [0.3, 0.4) is 0 Å². The number of benzene rings is 1. The van der Waals surface area contributed by atoms with Gasteiger partial charge in [-0.1, -0.05) is 6.07 Å². The molecule has 1 amide bonds. The molecule has 128 valence electrons. The van der Waals surface area contributed by atoms with Gasteiger partial charge in [0, 0.05) is 11.8 Å². The van der Waals surface area contributed by atoms with Crippen molar-refractivity contribution in [1.82, 2.24) is 5.32 Å². The molecule has 8 nitrogen and oxygen atoms in total. The normalized spacial score (nSPS) is 10.3. The summed E-state index contributed by atoms with van der Waals surface area (Å²) in [6.45, 7) is -0.165. The van der Waals surface area contributed by atoms with Gasteiger partial charge in [-0.2, -0.15) is 0 Å². The van der Waals surface area contributed by atoms with Crippen LogP contribution in [0.5, 0.6) is 5.75 Å². The Hall–Kier alpha value is -3.03. The Morgan fingerprint density at radius 2 is 1.88 bits per heavy atom. The van der Waals surface area contributed by atoms with Gasteiger partial charge in [0.15, 0.2) is 17.1 Å². The van der Waals surface area contributed by atoms with E-state index in [9.17, 15) is 14.4 Å². The first-order valence-electron chi connectivity index (χ1n) is 7.01. The number of hydrogen-bond donors (Lipinski definition) is 1. The lowest BCUT2D eigenvalue weighted by Crippen LogP contribution is -2.30. The lowest BCUT2D eigenvalue weighted by molar-refractivity contribution is -0.117. The first kappa shape index (κ1) is 17.3. The molecule has 0 unspecified atom stereocenters. The van der Waals surface area contributed by atoms with Crippen molar-refractivity contribution in [1.29, 1.82) is 0 Å². The van der Waals surface area contributed by atoms with Gasteiger partial charge < -0.3 is 23.9 Å². The second kappa shape index (κ2) is 7.49. The van der Waals surface area contributed by atoms with Crippen molar-refractivity contribution in [3.63, 3.8) is 0 Å². The number of esters is 1. The fraction of sp³-hybridized carbons (Fsp3) is 0.312. The van der Waals surface area contributed by atoms with E-state index in [4.69, 9.17) is 9.15 Å². The molecule has 0 spiro atoms. The Labute approximate surface area is 137 Å². The lowest BCUT2D eigenvalue weighted by atomic mass is 10.0. The van der Waals surface area contributed by atoms with E-state index in [1.54, 1.807) is 12.1 Å². The van der Waals surface area contributed by atoms with Gasteiger partial charge in [-0.25, -0.2) is 9.59 Å². The third-order valence-electron chi connectivity index (χ3n) is 3.35. The molecule has 0 radical (unpaired) electrons. The summed E-state index contributed by atoms with van der Waals surface area (Å²) in [5.41, 5.74) is 0.991. The van der Waals surface area contributed by atoms with Crippen molar-refractivity contribution >= 4 is 28.8 Å². The number of methoxy groups -OCH3 is 3. The number of amides is 1. The highest BCUT2D eigenvalue weighted by molar-refractivity contribution is 5.97.